The van der Waals surface area contributed by atoms with Crippen molar-refractivity contribution >= 4 is 44.6 Å². The van der Waals surface area contributed by atoms with E-state index in [2.05, 4.69) is 221 Å². The molecular formula is C67H62N4O. The topological polar surface area (TPSA) is 33.5 Å². The number of aromatic nitrogens is 2. The molecule has 5 nitrogen and oxygen atoms in total. The van der Waals surface area contributed by atoms with Crippen molar-refractivity contribution in [1.82, 2.24) is 9.55 Å². The highest BCUT2D eigenvalue weighted by Gasteiger charge is 2.38. The van der Waals surface area contributed by atoms with Crippen LogP contribution in [0.15, 0.2) is 194 Å². The van der Waals surface area contributed by atoms with Crippen LogP contribution in [0.4, 0.5) is 22.7 Å². The van der Waals surface area contributed by atoms with Crippen LogP contribution < -0.4 is 14.5 Å². The fourth-order valence-corrected chi connectivity index (χ4v) is 11.4. The molecule has 1 aliphatic heterocycles. The minimum atomic E-state index is -2.23. The first-order chi connectivity index (χ1) is 35.9. The van der Waals surface area contributed by atoms with Gasteiger partial charge in [0.2, 0.25) is 0 Å². The van der Waals surface area contributed by atoms with Gasteiger partial charge >= 0.3 is 0 Å². The Balaban J connectivity index is 0.946. The molecule has 0 saturated heterocycles. The fourth-order valence-electron chi connectivity index (χ4n) is 11.4. The standard InChI is InChI=1S/C67H62N4O/c1-44-17-9-10-20-52(44)45-27-29-46(30-28-45)53-22-16-23-54(47-31-34-57-58(39-47)67(7,8)37-36-66(57,5)6)64(53)70-43-69(60-25-13-14-26-61(60)70)49-18-15-19-50(41-49)72-51-32-33-56-55-21-11-12-24-59(55)71(62(56)42-51)63-40-48(35-38-68-63)65(2,3)4/h9-35,38-42H,36-37,43H2,1-8H3/i1D3. The van der Waals surface area contributed by atoms with Crippen LogP contribution in [-0.2, 0) is 16.2 Å². The second-order valence-corrected chi connectivity index (χ2v) is 22.1. The molecule has 1 aliphatic carbocycles. The molecule has 72 heavy (non-hydrogen) atoms. The van der Waals surface area contributed by atoms with Gasteiger partial charge < -0.3 is 14.5 Å². The molecule has 0 fully saturated rings. The third-order valence-corrected chi connectivity index (χ3v) is 15.5. The van der Waals surface area contributed by atoms with Crippen LogP contribution in [0.2, 0.25) is 0 Å². The second kappa shape index (κ2) is 17.2. The second-order valence-electron chi connectivity index (χ2n) is 22.1. The van der Waals surface area contributed by atoms with E-state index >= 15 is 0 Å². The Morgan fingerprint density at radius 2 is 1.15 bits per heavy atom. The van der Waals surface area contributed by atoms with Gasteiger partial charge in [0.05, 0.1) is 28.1 Å². The summed E-state index contributed by atoms with van der Waals surface area (Å²) in [6.07, 6.45) is 4.19. The Morgan fingerprint density at radius 3 is 1.93 bits per heavy atom. The predicted molar refractivity (Wildman–Crippen MR) is 302 cm³/mol. The lowest BCUT2D eigenvalue weighted by Crippen LogP contribution is -2.33. The Hall–Kier alpha value is -7.89. The number of rotatable bonds is 8. The van der Waals surface area contributed by atoms with Crippen molar-refractivity contribution in [1.29, 1.82) is 0 Å². The number of para-hydroxylation sites is 4. The molecule has 0 atom stereocenters. The lowest BCUT2D eigenvalue weighted by Gasteiger charge is -2.42. The van der Waals surface area contributed by atoms with Crippen molar-refractivity contribution < 1.29 is 8.85 Å². The number of pyridine rings is 1. The zero-order chi connectivity index (χ0) is 52.0. The van der Waals surface area contributed by atoms with Gasteiger partial charge in [-0.2, -0.15) is 0 Å². The summed E-state index contributed by atoms with van der Waals surface area (Å²) in [4.78, 5) is 9.75. The Bertz CT molecular complexity index is 3840. The fraction of sp³-hybridized carbons (Fsp3) is 0.209. The SMILES string of the molecule is [2H]C([2H])([2H])c1ccccc1-c1ccc(-c2cccc(-c3ccc4c(c3)C(C)(C)CCC4(C)C)c2N2CN(c3cccc(Oc4ccc5c6ccccc6n(-c6cc(C(C)(C)C)ccn6)c5c4)c3)c3ccccc32)cc1. The number of fused-ring (bicyclic) bond motifs is 5. The summed E-state index contributed by atoms with van der Waals surface area (Å²) in [5, 5.41) is 2.31. The van der Waals surface area contributed by atoms with Gasteiger partial charge in [0.15, 0.2) is 0 Å². The van der Waals surface area contributed by atoms with Gasteiger partial charge in [0.1, 0.15) is 24.0 Å². The molecule has 0 radical (unpaired) electrons. The molecule has 5 heteroatoms. The minimum absolute atomic E-state index is 0.0308. The van der Waals surface area contributed by atoms with Crippen LogP contribution in [0.25, 0.3) is 61.0 Å². The number of aryl methyl sites for hydroxylation is 1. The molecule has 0 unspecified atom stereocenters. The van der Waals surface area contributed by atoms with Crippen LogP contribution in [-0.4, -0.2) is 16.2 Å². The average Bonchev–Trinajstić information content (AvgIpc) is 3.96. The maximum atomic E-state index is 8.29. The first kappa shape index (κ1) is 41.9. The van der Waals surface area contributed by atoms with E-state index in [1.807, 2.05) is 24.4 Å². The number of anilines is 4. The molecule has 0 bridgehead atoms. The first-order valence-electron chi connectivity index (χ1n) is 26.8. The van der Waals surface area contributed by atoms with Gasteiger partial charge in [0.25, 0.3) is 0 Å². The first-order valence-corrected chi connectivity index (χ1v) is 25.3. The summed E-state index contributed by atoms with van der Waals surface area (Å²) >= 11 is 0. The summed E-state index contributed by atoms with van der Waals surface area (Å²) in [6.45, 7) is 14.6. The number of hydrogen-bond donors (Lipinski definition) is 0. The Kier molecular flexibility index (Phi) is 9.97. The summed E-state index contributed by atoms with van der Waals surface area (Å²) in [5.74, 6) is 2.35. The van der Waals surface area contributed by atoms with Gasteiger partial charge in [-0.3, -0.25) is 4.57 Å². The van der Waals surface area contributed by atoms with E-state index in [1.165, 1.54) is 27.6 Å². The number of hydrogen-bond acceptors (Lipinski definition) is 4. The molecule has 0 amide bonds. The molecule has 2 aliphatic rings. The van der Waals surface area contributed by atoms with Crippen LogP contribution >= 0.6 is 0 Å². The van der Waals surface area contributed by atoms with E-state index in [9.17, 15) is 0 Å². The van der Waals surface area contributed by atoms with Gasteiger partial charge in [-0.15, -0.1) is 0 Å². The van der Waals surface area contributed by atoms with Crippen molar-refractivity contribution in [2.24, 2.45) is 0 Å². The van der Waals surface area contributed by atoms with Gasteiger partial charge in [0, 0.05) is 50.0 Å². The smallest absolute Gasteiger partial charge is 0.137 e. The number of ether oxygens (including phenoxy) is 1. The van der Waals surface area contributed by atoms with E-state index in [1.54, 1.807) is 12.1 Å². The van der Waals surface area contributed by atoms with E-state index < -0.39 is 6.85 Å². The molecule has 8 aromatic carbocycles. The van der Waals surface area contributed by atoms with Gasteiger partial charge in [-0.1, -0.05) is 170 Å². The maximum Gasteiger partial charge on any atom is 0.137 e. The normalized spacial score (nSPS) is 15.7. The highest BCUT2D eigenvalue weighted by molar-refractivity contribution is 6.09. The van der Waals surface area contributed by atoms with Crippen LogP contribution in [0, 0.1) is 6.85 Å². The van der Waals surface area contributed by atoms with Gasteiger partial charge in [-0.25, -0.2) is 4.98 Å². The monoisotopic (exact) mass is 942 g/mol. The van der Waals surface area contributed by atoms with Crippen LogP contribution in [0.5, 0.6) is 11.5 Å². The number of nitrogens with zero attached hydrogens (tertiary/aromatic N) is 4. The van der Waals surface area contributed by atoms with Crippen molar-refractivity contribution in [2.45, 2.75) is 84.4 Å². The summed E-state index contributed by atoms with van der Waals surface area (Å²) in [6, 6.07) is 65.9. The molecule has 0 saturated carbocycles. The Labute approximate surface area is 429 Å². The van der Waals surface area contributed by atoms with Crippen molar-refractivity contribution in [3.8, 4) is 50.7 Å². The van der Waals surface area contributed by atoms with E-state index in [4.69, 9.17) is 13.8 Å². The molecule has 356 valence electrons. The van der Waals surface area contributed by atoms with Crippen LogP contribution in [0.1, 0.15) is 87.7 Å². The number of benzene rings is 8. The van der Waals surface area contributed by atoms with Crippen molar-refractivity contribution in [3.05, 3.63) is 217 Å². The van der Waals surface area contributed by atoms with Crippen LogP contribution in [0.3, 0.4) is 0 Å². The van der Waals surface area contributed by atoms with E-state index in [-0.39, 0.29) is 16.2 Å². The minimum Gasteiger partial charge on any atom is -0.457 e. The molecular weight excluding hydrogens is 877 g/mol. The predicted octanol–water partition coefficient (Wildman–Crippen LogP) is 18.2. The van der Waals surface area contributed by atoms with E-state index in [0.29, 0.717) is 12.2 Å². The summed E-state index contributed by atoms with van der Waals surface area (Å²) in [7, 11) is 0. The summed E-state index contributed by atoms with van der Waals surface area (Å²) in [5.41, 5.74) is 17.0. The molecule has 12 rings (SSSR count). The zero-order valence-electron chi connectivity index (χ0n) is 45.3. The maximum absolute atomic E-state index is 8.29. The highest BCUT2D eigenvalue weighted by Crippen LogP contribution is 2.53. The van der Waals surface area contributed by atoms with E-state index in [0.717, 1.165) is 97.1 Å². The highest BCUT2D eigenvalue weighted by atomic mass is 16.5. The lowest BCUT2D eigenvalue weighted by molar-refractivity contribution is 0.332. The molecule has 2 aromatic heterocycles. The largest absolute Gasteiger partial charge is 0.457 e. The van der Waals surface area contributed by atoms with Crippen molar-refractivity contribution in [3.63, 3.8) is 0 Å². The molecule has 0 N–H and O–H groups in total. The summed E-state index contributed by atoms with van der Waals surface area (Å²) < 4.78 is 34.0. The van der Waals surface area contributed by atoms with Crippen molar-refractivity contribution in [2.75, 3.05) is 16.5 Å². The quantitative estimate of drug-likeness (QED) is 0.152. The third kappa shape index (κ3) is 7.83. The average molecular weight is 942 g/mol. The molecule has 10 aromatic rings. The molecule has 3 heterocycles. The zero-order valence-corrected chi connectivity index (χ0v) is 42.3. The molecule has 0 spiro atoms. The van der Waals surface area contributed by atoms with Gasteiger partial charge in [-0.05, 0) is 135 Å². The lowest BCUT2D eigenvalue weighted by atomic mass is 9.63. The Morgan fingerprint density at radius 1 is 0.528 bits per heavy atom. The third-order valence-electron chi connectivity index (χ3n) is 15.5.